The lowest BCUT2D eigenvalue weighted by Crippen LogP contribution is -2.49. The Balaban J connectivity index is 1.83. The van der Waals surface area contributed by atoms with Gasteiger partial charge in [-0.1, -0.05) is 52.0 Å². The molecule has 0 aliphatic carbocycles. The Labute approximate surface area is 232 Å². The minimum Gasteiger partial charge on any atom is -0.340 e. The fourth-order valence-corrected chi connectivity index (χ4v) is 4.56. The van der Waals surface area contributed by atoms with Crippen LogP contribution in [0.5, 0.6) is 0 Å². The Kier molecular flexibility index (Phi) is 13.3. The molecular weight excluding hydrogens is 472 g/mol. The van der Waals surface area contributed by atoms with Gasteiger partial charge >= 0.3 is 0 Å². The summed E-state index contributed by atoms with van der Waals surface area (Å²) in [5.41, 5.74) is 4.45. The molecule has 1 heterocycles. The standard InChI is InChI=1S/C32H52N4O2/c1-8-9-17-36(19-16-33-25-26(2)3)31(38)29-14-13-28(27(4)24-29)11-10-12-30(37)35-22-20-34(21-23-35)18-15-32(5,6)7/h9,13-14,17,24,33H,2,8,10-12,15-16,18-23,25H2,1,3-7H3/b17-9-. The van der Waals surface area contributed by atoms with E-state index >= 15 is 0 Å². The SMILES string of the molecule is C=C(C)CNCCN(/C=C\CC)C(=O)c1ccc(CCCC(=O)N2CCN(CCC(C)(C)C)CC2)c(C)c1. The van der Waals surface area contributed by atoms with Crippen molar-refractivity contribution < 1.29 is 9.59 Å². The van der Waals surface area contributed by atoms with Crippen LogP contribution in [-0.4, -0.2) is 78.9 Å². The summed E-state index contributed by atoms with van der Waals surface area (Å²) in [5.74, 6) is 0.279. The van der Waals surface area contributed by atoms with Crippen molar-refractivity contribution in [3.63, 3.8) is 0 Å². The van der Waals surface area contributed by atoms with Crippen molar-refractivity contribution in [3.05, 3.63) is 59.3 Å². The van der Waals surface area contributed by atoms with Crippen LogP contribution in [0.15, 0.2) is 42.6 Å². The van der Waals surface area contributed by atoms with Gasteiger partial charge in [0.05, 0.1) is 0 Å². The zero-order chi connectivity index (χ0) is 28.1. The van der Waals surface area contributed by atoms with E-state index in [0.717, 1.165) is 69.7 Å². The summed E-state index contributed by atoms with van der Waals surface area (Å²) in [6.45, 7) is 23.7. The fraction of sp³-hybridized carbons (Fsp3) is 0.625. The first-order valence-corrected chi connectivity index (χ1v) is 14.4. The van der Waals surface area contributed by atoms with E-state index in [1.54, 1.807) is 4.90 Å². The molecule has 0 unspecified atom stereocenters. The van der Waals surface area contributed by atoms with Crippen molar-refractivity contribution in [1.29, 1.82) is 0 Å². The zero-order valence-corrected chi connectivity index (χ0v) is 24.9. The largest absolute Gasteiger partial charge is 0.340 e. The molecule has 0 radical (unpaired) electrons. The molecule has 1 aromatic carbocycles. The molecule has 1 aliphatic rings. The molecule has 1 aliphatic heterocycles. The highest BCUT2D eigenvalue weighted by Crippen LogP contribution is 2.20. The van der Waals surface area contributed by atoms with Crippen molar-refractivity contribution in [3.8, 4) is 0 Å². The lowest BCUT2D eigenvalue weighted by molar-refractivity contribution is -0.133. The Bertz CT molecular complexity index is 939. The highest BCUT2D eigenvalue weighted by Gasteiger charge is 2.22. The second-order valence-corrected chi connectivity index (χ2v) is 12.0. The molecule has 0 saturated carbocycles. The van der Waals surface area contributed by atoms with Gasteiger partial charge in [-0.2, -0.15) is 0 Å². The van der Waals surface area contributed by atoms with E-state index < -0.39 is 0 Å². The summed E-state index contributed by atoms with van der Waals surface area (Å²) >= 11 is 0. The first-order valence-electron chi connectivity index (χ1n) is 14.4. The van der Waals surface area contributed by atoms with Crippen molar-refractivity contribution in [2.75, 3.05) is 52.4 Å². The Morgan fingerprint density at radius 2 is 1.87 bits per heavy atom. The van der Waals surface area contributed by atoms with E-state index in [1.165, 1.54) is 12.0 Å². The van der Waals surface area contributed by atoms with Crippen LogP contribution in [-0.2, 0) is 11.2 Å². The summed E-state index contributed by atoms with van der Waals surface area (Å²) < 4.78 is 0. The number of nitrogens with zero attached hydrogens (tertiary/aromatic N) is 3. The molecule has 6 heteroatoms. The van der Waals surface area contributed by atoms with Crippen LogP contribution < -0.4 is 5.32 Å². The van der Waals surface area contributed by atoms with Crippen LogP contribution in [0.2, 0.25) is 0 Å². The number of piperazine rings is 1. The Hall–Kier alpha value is -2.44. The van der Waals surface area contributed by atoms with Crippen LogP contribution in [0, 0.1) is 12.3 Å². The molecule has 0 spiro atoms. The number of carbonyl (C=O) groups excluding carboxylic acids is 2. The van der Waals surface area contributed by atoms with Gasteiger partial charge in [0.15, 0.2) is 0 Å². The van der Waals surface area contributed by atoms with E-state index in [1.807, 2.05) is 36.2 Å². The summed E-state index contributed by atoms with van der Waals surface area (Å²) in [6.07, 6.45) is 8.23. The average molecular weight is 525 g/mol. The predicted molar refractivity (Wildman–Crippen MR) is 159 cm³/mol. The van der Waals surface area contributed by atoms with E-state index in [9.17, 15) is 9.59 Å². The molecule has 1 N–H and O–H groups in total. The monoisotopic (exact) mass is 524 g/mol. The molecule has 1 saturated heterocycles. The number of aryl methyl sites for hydroxylation is 2. The fourth-order valence-electron chi connectivity index (χ4n) is 4.56. The molecule has 0 aromatic heterocycles. The van der Waals surface area contributed by atoms with Crippen molar-refractivity contribution in [2.24, 2.45) is 5.41 Å². The van der Waals surface area contributed by atoms with Crippen LogP contribution >= 0.6 is 0 Å². The van der Waals surface area contributed by atoms with Gasteiger partial charge in [0.1, 0.15) is 0 Å². The highest BCUT2D eigenvalue weighted by molar-refractivity contribution is 5.95. The van der Waals surface area contributed by atoms with Crippen LogP contribution in [0.25, 0.3) is 0 Å². The van der Waals surface area contributed by atoms with E-state index in [-0.39, 0.29) is 11.8 Å². The van der Waals surface area contributed by atoms with Crippen LogP contribution in [0.4, 0.5) is 0 Å². The van der Waals surface area contributed by atoms with Gasteiger partial charge in [-0.05, 0) is 74.8 Å². The second kappa shape index (κ2) is 15.8. The number of benzene rings is 1. The molecule has 212 valence electrons. The summed E-state index contributed by atoms with van der Waals surface area (Å²) in [5, 5.41) is 3.33. The summed E-state index contributed by atoms with van der Waals surface area (Å²) in [4.78, 5) is 32.3. The van der Waals surface area contributed by atoms with Crippen LogP contribution in [0.3, 0.4) is 0 Å². The van der Waals surface area contributed by atoms with Crippen molar-refractivity contribution in [2.45, 2.75) is 73.6 Å². The second-order valence-electron chi connectivity index (χ2n) is 12.0. The number of carbonyl (C=O) groups is 2. The molecule has 38 heavy (non-hydrogen) atoms. The number of nitrogens with one attached hydrogen (secondary N) is 1. The lowest BCUT2D eigenvalue weighted by atomic mass is 9.92. The first-order chi connectivity index (χ1) is 18.0. The minimum atomic E-state index is 0.0123. The zero-order valence-electron chi connectivity index (χ0n) is 24.9. The molecule has 2 rings (SSSR count). The van der Waals surface area contributed by atoms with Gasteiger partial charge in [0.2, 0.25) is 5.91 Å². The Morgan fingerprint density at radius 3 is 2.47 bits per heavy atom. The maximum atomic E-state index is 13.2. The average Bonchev–Trinajstić information content (AvgIpc) is 2.87. The van der Waals surface area contributed by atoms with E-state index in [2.05, 4.69) is 57.5 Å². The van der Waals surface area contributed by atoms with Gasteiger partial charge in [0.25, 0.3) is 5.91 Å². The lowest BCUT2D eigenvalue weighted by Gasteiger charge is -2.36. The number of rotatable bonds is 14. The molecule has 0 bridgehead atoms. The third-order valence-electron chi connectivity index (χ3n) is 7.07. The normalized spacial score (nSPS) is 14.7. The maximum absolute atomic E-state index is 13.2. The van der Waals surface area contributed by atoms with E-state index in [4.69, 9.17) is 0 Å². The first kappa shape index (κ1) is 31.8. The molecule has 6 nitrogen and oxygen atoms in total. The smallest absolute Gasteiger partial charge is 0.257 e. The van der Waals surface area contributed by atoms with Gasteiger partial charge in [0, 0.05) is 64.0 Å². The van der Waals surface area contributed by atoms with E-state index in [0.29, 0.717) is 30.5 Å². The summed E-state index contributed by atoms with van der Waals surface area (Å²) in [7, 11) is 0. The maximum Gasteiger partial charge on any atom is 0.257 e. The van der Waals surface area contributed by atoms with Crippen molar-refractivity contribution >= 4 is 11.8 Å². The Morgan fingerprint density at radius 1 is 1.16 bits per heavy atom. The highest BCUT2D eigenvalue weighted by atomic mass is 16.2. The number of hydrogen-bond donors (Lipinski definition) is 1. The van der Waals surface area contributed by atoms with Gasteiger partial charge < -0.3 is 15.1 Å². The number of allylic oxidation sites excluding steroid dienone is 1. The quantitative estimate of drug-likeness (QED) is 0.260. The third-order valence-corrected chi connectivity index (χ3v) is 7.07. The predicted octanol–water partition coefficient (Wildman–Crippen LogP) is 5.43. The minimum absolute atomic E-state index is 0.0123. The molecule has 2 amide bonds. The van der Waals surface area contributed by atoms with Gasteiger partial charge in [-0.15, -0.1) is 0 Å². The third kappa shape index (κ3) is 11.5. The number of hydrogen-bond acceptors (Lipinski definition) is 4. The van der Waals surface area contributed by atoms with Crippen molar-refractivity contribution in [1.82, 2.24) is 20.0 Å². The van der Waals surface area contributed by atoms with Gasteiger partial charge in [-0.3, -0.25) is 14.5 Å². The molecule has 1 fully saturated rings. The topological polar surface area (TPSA) is 55.9 Å². The van der Waals surface area contributed by atoms with Gasteiger partial charge in [-0.25, -0.2) is 0 Å². The molecule has 1 aromatic rings. The van der Waals surface area contributed by atoms with Crippen LogP contribution in [0.1, 0.15) is 81.8 Å². The molecule has 0 atom stereocenters. The summed E-state index contributed by atoms with van der Waals surface area (Å²) in [6, 6.07) is 5.98. The molecular formula is C32H52N4O2. The number of amides is 2.